The molecule has 0 fully saturated rings. The number of aromatic nitrogens is 1. The van der Waals surface area contributed by atoms with Crippen LogP contribution in [0, 0.1) is 0 Å². The number of ether oxygens (including phenoxy) is 1. The molecule has 0 spiro atoms. The predicted octanol–water partition coefficient (Wildman–Crippen LogP) is 2.96. The molecule has 2 aromatic carbocycles. The third-order valence-corrected chi connectivity index (χ3v) is 5.90. The van der Waals surface area contributed by atoms with Gasteiger partial charge in [-0.15, -0.1) is 0 Å². The van der Waals surface area contributed by atoms with Gasteiger partial charge < -0.3 is 9.64 Å². The molecule has 0 saturated heterocycles. The fourth-order valence-corrected chi connectivity index (χ4v) is 4.47. The number of carbonyl (C=O) groups is 1. The summed E-state index contributed by atoms with van der Waals surface area (Å²) in [6, 6.07) is 17.5. The number of amides is 1. The van der Waals surface area contributed by atoms with Gasteiger partial charge >= 0.3 is 0 Å². The number of fused-ring (bicyclic) bond motifs is 1. The lowest BCUT2D eigenvalue weighted by atomic mass is 10.1. The molecular weight excluding hydrogens is 394 g/mol. The monoisotopic (exact) mass is 414 g/mol. The molecule has 2 heterocycles. The Morgan fingerprint density at radius 3 is 2.75 bits per heavy atom. The molecule has 0 saturated carbocycles. The quantitative estimate of drug-likeness (QED) is 0.652. The smallest absolute Gasteiger partial charge is 0.264 e. The average molecular weight is 415 g/mol. The molecule has 3 aromatic rings. The van der Waals surface area contributed by atoms with Crippen LogP contribution in [-0.4, -0.2) is 24.0 Å². The van der Waals surface area contributed by atoms with Crippen LogP contribution >= 0.6 is 22.9 Å². The van der Waals surface area contributed by atoms with Crippen LogP contribution in [-0.2, 0) is 24.3 Å². The van der Waals surface area contributed by atoms with Gasteiger partial charge in [-0.25, -0.2) is 4.98 Å². The van der Waals surface area contributed by atoms with Crippen LogP contribution in [0.5, 0.6) is 5.75 Å². The second-order valence-electron chi connectivity index (χ2n) is 6.77. The molecule has 1 aliphatic heterocycles. The minimum atomic E-state index is -0.213. The number of halogens is 1. The molecule has 2 N–H and O–H groups in total. The van der Waals surface area contributed by atoms with E-state index in [0.29, 0.717) is 15.9 Å². The van der Waals surface area contributed by atoms with Crippen molar-refractivity contribution in [3.05, 3.63) is 75.8 Å². The molecule has 0 bridgehead atoms. The number of hydrogen-bond acceptors (Lipinski definition) is 4. The summed E-state index contributed by atoms with van der Waals surface area (Å²) >= 11 is 7.41. The summed E-state index contributed by atoms with van der Waals surface area (Å²) in [5, 5.41) is 4.14. The lowest BCUT2D eigenvalue weighted by Gasteiger charge is -2.22. The predicted molar refractivity (Wildman–Crippen MR) is 111 cm³/mol. The molecule has 28 heavy (non-hydrogen) atoms. The van der Waals surface area contributed by atoms with Crippen LogP contribution in [0.1, 0.15) is 16.1 Å². The third-order valence-electron chi connectivity index (χ3n) is 4.63. The maximum atomic E-state index is 12.2. The van der Waals surface area contributed by atoms with E-state index in [-0.39, 0.29) is 12.5 Å². The first-order valence-electron chi connectivity index (χ1n) is 9.20. The first-order valence-corrected chi connectivity index (χ1v) is 10.4. The van der Waals surface area contributed by atoms with Crippen LogP contribution in [0.2, 0.25) is 5.02 Å². The molecule has 5 nitrogen and oxygen atoms in total. The molecule has 1 atom stereocenters. The highest BCUT2D eigenvalue weighted by Gasteiger charge is 2.24. The zero-order valence-corrected chi connectivity index (χ0v) is 16.9. The Morgan fingerprint density at radius 2 is 1.96 bits per heavy atom. The first kappa shape index (κ1) is 18.9. The van der Waals surface area contributed by atoms with Crippen molar-refractivity contribution in [3.8, 4) is 5.75 Å². The number of rotatable bonds is 6. The Bertz CT molecular complexity index is 944. The SMILES string of the molecule is O=C(COc1ccc(Cl)cc1)Nc1nc2c(s1)C[NH+](Cc1ccccc1)CC2. The normalized spacial score (nSPS) is 15.7. The maximum absolute atomic E-state index is 12.2. The van der Waals surface area contributed by atoms with Crippen LogP contribution in [0.3, 0.4) is 0 Å². The van der Waals surface area contributed by atoms with Gasteiger partial charge in [0.25, 0.3) is 5.91 Å². The number of anilines is 1. The molecule has 1 amide bonds. The Labute approximate surface area is 172 Å². The Balaban J connectivity index is 1.31. The van der Waals surface area contributed by atoms with Gasteiger partial charge in [0.05, 0.1) is 17.1 Å². The Hall–Kier alpha value is -2.41. The van der Waals surface area contributed by atoms with Gasteiger partial charge in [-0.05, 0) is 24.3 Å². The molecule has 4 rings (SSSR count). The van der Waals surface area contributed by atoms with E-state index in [4.69, 9.17) is 16.3 Å². The van der Waals surface area contributed by atoms with E-state index in [1.807, 2.05) is 6.07 Å². The fourth-order valence-electron chi connectivity index (χ4n) is 3.25. The van der Waals surface area contributed by atoms with Crippen molar-refractivity contribution in [1.82, 2.24) is 4.98 Å². The van der Waals surface area contributed by atoms with Crippen molar-refractivity contribution in [3.63, 3.8) is 0 Å². The van der Waals surface area contributed by atoms with Crippen molar-refractivity contribution in [2.45, 2.75) is 19.5 Å². The minimum Gasteiger partial charge on any atom is -0.484 e. The lowest BCUT2D eigenvalue weighted by molar-refractivity contribution is -0.929. The molecule has 1 unspecified atom stereocenters. The van der Waals surface area contributed by atoms with Gasteiger partial charge in [0.1, 0.15) is 18.8 Å². The highest BCUT2D eigenvalue weighted by molar-refractivity contribution is 7.15. The summed E-state index contributed by atoms with van der Waals surface area (Å²) < 4.78 is 5.48. The molecule has 1 aromatic heterocycles. The standard InChI is InChI=1S/C21H20ClN3O2S/c22-16-6-8-17(9-7-16)27-14-20(26)24-21-23-18-10-11-25(13-19(18)28-21)12-15-4-2-1-3-5-15/h1-9H,10-14H2,(H,23,24,26)/p+1. The number of thiazole rings is 1. The third kappa shape index (κ3) is 4.90. The molecule has 1 aliphatic rings. The van der Waals surface area contributed by atoms with Crippen molar-refractivity contribution >= 4 is 34.0 Å². The summed E-state index contributed by atoms with van der Waals surface area (Å²) in [6.07, 6.45) is 0.936. The maximum Gasteiger partial charge on any atom is 0.264 e. The van der Waals surface area contributed by atoms with Gasteiger partial charge in [0.2, 0.25) is 0 Å². The van der Waals surface area contributed by atoms with Crippen molar-refractivity contribution < 1.29 is 14.4 Å². The van der Waals surface area contributed by atoms with Crippen LogP contribution in [0.4, 0.5) is 5.13 Å². The average Bonchev–Trinajstić information content (AvgIpc) is 3.10. The minimum absolute atomic E-state index is 0.0583. The number of nitrogens with zero attached hydrogens (tertiary/aromatic N) is 1. The van der Waals surface area contributed by atoms with E-state index in [1.54, 1.807) is 35.6 Å². The summed E-state index contributed by atoms with van der Waals surface area (Å²) in [5.74, 6) is 0.396. The van der Waals surface area contributed by atoms with Gasteiger partial charge in [0, 0.05) is 17.0 Å². The van der Waals surface area contributed by atoms with E-state index < -0.39 is 0 Å². The van der Waals surface area contributed by atoms with Crippen molar-refractivity contribution in [2.75, 3.05) is 18.5 Å². The highest BCUT2D eigenvalue weighted by Crippen LogP contribution is 2.24. The molecule has 0 radical (unpaired) electrons. The van der Waals surface area contributed by atoms with Crippen molar-refractivity contribution in [2.24, 2.45) is 0 Å². The summed E-state index contributed by atoms with van der Waals surface area (Å²) in [6.45, 7) is 2.95. The van der Waals surface area contributed by atoms with Crippen LogP contribution in [0.25, 0.3) is 0 Å². The van der Waals surface area contributed by atoms with Crippen LogP contribution < -0.4 is 15.0 Å². The van der Waals surface area contributed by atoms with E-state index in [2.05, 4.69) is 34.6 Å². The van der Waals surface area contributed by atoms with E-state index >= 15 is 0 Å². The number of nitrogens with one attached hydrogen (secondary N) is 2. The topological polar surface area (TPSA) is 55.7 Å². The number of carbonyl (C=O) groups excluding carboxylic acids is 1. The van der Waals surface area contributed by atoms with Gasteiger partial charge in [-0.1, -0.05) is 53.3 Å². The Kier molecular flexibility index (Phi) is 5.90. The summed E-state index contributed by atoms with van der Waals surface area (Å²) in [5.41, 5.74) is 2.45. The molecular formula is C21H21ClN3O2S+. The largest absolute Gasteiger partial charge is 0.484 e. The molecule has 7 heteroatoms. The summed E-state index contributed by atoms with van der Waals surface area (Å²) in [4.78, 5) is 19.5. The molecule has 144 valence electrons. The fraction of sp³-hybridized carbons (Fsp3) is 0.238. The zero-order chi connectivity index (χ0) is 19.3. The Morgan fingerprint density at radius 1 is 1.18 bits per heavy atom. The van der Waals surface area contributed by atoms with E-state index in [0.717, 1.165) is 31.7 Å². The van der Waals surface area contributed by atoms with Gasteiger partial charge in [-0.2, -0.15) is 0 Å². The van der Waals surface area contributed by atoms with Gasteiger partial charge in [-0.3, -0.25) is 10.1 Å². The first-order chi connectivity index (χ1) is 13.7. The second kappa shape index (κ2) is 8.73. The highest BCUT2D eigenvalue weighted by atomic mass is 35.5. The summed E-state index contributed by atoms with van der Waals surface area (Å²) in [7, 11) is 0. The number of benzene rings is 2. The van der Waals surface area contributed by atoms with E-state index in [9.17, 15) is 4.79 Å². The van der Waals surface area contributed by atoms with Gasteiger partial charge in [0.15, 0.2) is 11.7 Å². The lowest BCUT2D eigenvalue weighted by Crippen LogP contribution is -3.10. The van der Waals surface area contributed by atoms with E-state index in [1.165, 1.54) is 15.3 Å². The van der Waals surface area contributed by atoms with Crippen LogP contribution in [0.15, 0.2) is 54.6 Å². The number of quaternary nitrogens is 1. The second-order valence-corrected chi connectivity index (χ2v) is 8.29. The number of hydrogen-bond donors (Lipinski definition) is 2. The van der Waals surface area contributed by atoms with Crippen molar-refractivity contribution in [1.29, 1.82) is 0 Å². The zero-order valence-electron chi connectivity index (χ0n) is 15.3. The molecule has 0 aliphatic carbocycles.